The number of hydrogen-bond donors (Lipinski definition) is 2. The zero-order valence-corrected chi connectivity index (χ0v) is 31.1. The SMILES string of the molecule is CCC1C(c2ccccc2)NC(c2ccccc2)NC1c1cccc(-n2c3ccc(-c4ccccc4)cc3c3ccc4c(c32)C(C)(C)c2ccccc2-4)c1. The first-order chi connectivity index (χ1) is 26.5. The van der Waals surface area contributed by atoms with Crippen molar-refractivity contribution in [3.8, 4) is 27.9 Å². The maximum Gasteiger partial charge on any atom is 0.0845 e. The summed E-state index contributed by atoms with van der Waals surface area (Å²) in [5.74, 6) is 0.340. The highest BCUT2D eigenvalue weighted by Crippen LogP contribution is 2.53. The molecule has 1 saturated heterocycles. The second-order valence-corrected chi connectivity index (χ2v) is 15.7. The van der Waals surface area contributed by atoms with Crippen molar-refractivity contribution in [3.05, 3.63) is 198 Å². The molecular weight excluding hydrogens is 655 g/mol. The zero-order chi connectivity index (χ0) is 36.4. The van der Waals surface area contributed by atoms with Gasteiger partial charge in [-0.1, -0.05) is 166 Å². The molecule has 0 spiro atoms. The molecule has 1 aromatic heterocycles. The summed E-state index contributed by atoms with van der Waals surface area (Å²) in [4.78, 5) is 0. The molecule has 0 amide bonds. The van der Waals surface area contributed by atoms with Crippen LogP contribution in [0.15, 0.2) is 170 Å². The third-order valence-corrected chi connectivity index (χ3v) is 12.4. The van der Waals surface area contributed by atoms with Gasteiger partial charge in [0.15, 0.2) is 0 Å². The van der Waals surface area contributed by atoms with Gasteiger partial charge >= 0.3 is 0 Å². The fourth-order valence-electron chi connectivity index (χ4n) is 9.80. The zero-order valence-electron chi connectivity index (χ0n) is 31.1. The van der Waals surface area contributed by atoms with Crippen LogP contribution < -0.4 is 10.6 Å². The minimum absolute atomic E-state index is 0.0140. The van der Waals surface area contributed by atoms with Crippen LogP contribution in [0.4, 0.5) is 0 Å². The van der Waals surface area contributed by atoms with Gasteiger partial charge in [-0.25, -0.2) is 0 Å². The van der Waals surface area contributed by atoms with Gasteiger partial charge in [0, 0.05) is 34.0 Å². The smallest absolute Gasteiger partial charge is 0.0845 e. The monoisotopic (exact) mass is 699 g/mol. The minimum atomic E-state index is -0.160. The molecule has 0 saturated carbocycles. The summed E-state index contributed by atoms with van der Waals surface area (Å²) in [6.07, 6.45) is 1.05. The summed E-state index contributed by atoms with van der Waals surface area (Å²) < 4.78 is 2.57. The van der Waals surface area contributed by atoms with Crippen molar-refractivity contribution in [1.29, 1.82) is 0 Å². The minimum Gasteiger partial charge on any atom is -0.309 e. The van der Waals surface area contributed by atoms with E-state index in [2.05, 4.69) is 206 Å². The molecule has 2 heterocycles. The van der Waals surface area contributed by atoms with Crippen LogP contribution in [0.3, 0.4) is 0 Å². The molecule has 2 N–H and O–H groups in total. The molecule has 4 atom stereocenters. The van der Waals surface area contributed by atoms with Crippen LogP contribution >= 0.6 is 0 Å². The topological polar surface area (TPSA) is 29.0 Å². The Morgan fingerprint density at radius 2 is 1.19 bits per heavy atom. The highest BCUT2D eigenvalue weighted by atomic mass is 15.2. The molecule has 7 aromatic carbocycles. The first-order valence-electron chi connectivity index (χ1n) is 19.5. The fraction of sp³-hybridized carbons (Fsp3) is 0.176. The predicted octanol–water partition coefficient (Wildman–Crippen LogP) is 12.5. The molecule has 8 aromatic rings. The average Bonchev–Trinajstić information content (AvgIpc) is 3.69. The first-order valence-corrected chi connectivity index (χ1v) is 19.5. The Bertz CT molecular complexity index is 2640. The summed E-state index contributed by atoms with van der Waals surface area (Å²) >= 11 is 0. The third kappa shape index (κ3) is 5.18. The van der Waals surface area contributed by atoms with Gasteiger partial charge in [0.25, 0.3) is 0 Å². The van der Waals surface area contributed by atoms with Crippen LogP contribution in [0.25, 0.3) is 49.7 Å². The molecule has 4 unspecified atom stereocenters. The highest BCUT2D eigenvalue weighted by Gasteiger charge is 2.40. The molecule has 0 bridgehead atoms. The molecule has 2 aliphatic rings. The summed E-state index contributed by atoms with van der Waals surface area (Å²) in [5.41, 5.74) is 15.4. The van der Waals surface area contributed by atoms with Crippen molar-refractivity contribution in [2.75, 3.05) is 0 Å². The van der Waals surface area contributed by atoms with Crippen LogP contribution in [0, 0.1) is 5.92 Å². The maximum atomic E-state index is 4.11. The molecular formula is C51H45N3. The second-order valence-electron chi connectivity index (χ2n) is 15.7. The molecule has 1 aliphatic carbocycles. The lowest BCUT2D eigenvalue weighted by atomic mass is 9.79. The van der Waals surface area contributed by atoms with Crippen molar-refractivity contribution in [2.24, 2.45) is 5.92 Å². The Kier molecular flexibility index (Phi) is 7.90. The quantitative estimate of drug-likeness (QED) is 0.181. The lowest BCUT2D eigenvalue weighted by molar-refractivity contribution is 0.156. The van der Waals surface area contributed by atoms with Gasteiger partial charge in [-0.2, -0.15) is 0 Å². The van der Waals surface area contributed by atoms with E-state index >= 15 is 0 Å². The molecule has 54 heavy (non-hydrogen) atoms. The molecule has 1 fully saturated rings. The van der Waals surface area contributed by atoms with E-state index in [-0.39, 0.29) is 23.7 Å². The van der Waals surface area contributed by atoms with Gasteiger partial charge < -0.3 is 4.57 Å². The Morgan fingerprint density at radius 3 is 1.93 bits per heavy atom. The summed E-state index contributed by atoms with van der Waals surface area (Å²) in [5, 5.41) is 10.7. The number of nitrogens with one attached hydrogen (secondary N) is 2. The van der Waals surface area contributed by atoms with Crippen LogP contribution in [0.5, 0.6) is 0 Å². The molecule has 1 aliphatic heterocycles. The predicted molar refractivity (Wildman–Crippen MR) is 225 cm³/mol. The van der Waals surface area contributed by atoms with Crippen LogP contribution in [0.1, 0.15) is 73.3 Å². The summed E-state index contributed by atoms with van der Waals surface area (Å²) in [7, 11) is 0. The number of aromatic nitrogens is 1. The highest BCUT2D eigenvalue weighted by molar-refractivity contribution is 6.14. The number of rotatable bonds is 6. The fourth-order valence-corrected chi connectivity index (χ4v) is 9.80. The molecule has 0 radical (unpaired) electrons. The van der Waals surface area contributed by atoms with E-state index in [9.17, 15) is 0 Å². The number of fused-ring (bicyclic) bond motifs is 7. The molecule has 264 valence electrons. The number of nitrogens with zero attached hydrogens (tertiary/aromatic N) is 1. The van der Waals surface area contributed by atoms with E-state index in [4.69, 9.17) is 0 Å². The lowest BCUT2D eigenvalue weighted by Gasteiger charge is -2.44. The Hall–Kier alpha value is -5.74. The van der Waals surface area contributed by atoms with Gasteiger partial charge in [-0.15, -0.1) is 0 Å². The van der Waals surface area contributed by atoms with E-state index in [0.29, 0.717) is 5.92 Å². The second kappa shape index (κ2) is 13.0. The van der Waals surface area contributed by atoms with Gasteiger partial charge in [-0.3, -0.25) is 10.6 Å². The Labute approximate surface area is 318 Å². The third-order valence-electron chi connectivity index (χ3n) is 12.4. The van der Waals surface area contributed by atoms with Gasteiger partial charge in [0.1, 0.15) is 0 Å². The van der Waals surface area contributed by atoms with Crippen molar-refractivity contribution >= 4 is 21.8 Å². The average molecular weight is 700 g/mol. The van der Waals surface area contributed by atoms with Crippen molar-refractivity contribution in [2.45, 2.75) is 50.9 Å². The van der Waals surface area contributed by atoms with Crippen LogP contribution in [-0.2, 0) is 5.41 Å². The van der Waals surface area contributed by atoms with Crippen molar-refractivity contribution in [3.63, 3.8) is 0 Å². The maximum absolute atomic E-state index is 4.11. The Balaban J connectivity index is 1.19. The van der Waals surface area contributed by atoms with Crippen LogP contribution in [-0.4, -0.2) is 4.57 Å². The van der Waals surface area contributed by atoms with Gasteiger partial charge in [0.05, 0.1) is 17.2 Å². The molecule has 10 rings (SSSR count). The standard InChI is InChI=1S/C51H45N3/c1-4-39-47(34-19-10-6-11-20-34)52-50(35-21-12-7-13-22-35)53-48(39)37-23-16-24-38(31-37)54-45-30-27-36(33-17-8-5-9-18-33)32-43(45)42-29-28-41-40-25-14-15-26-44(40)51(2,3)46(41)49(42)54/h5-32,39,47-48,50,52-53H,4H2,1-3H3. The number of hydrogen-bond acceptors (Lipinski definition) is 2. The number of benzene rings is 7. The van der Waals surface area contributed by atoms with E-state index in [1.807, 2.05) is 0 Å². The summed E-state index contributed by atoms with van der Waals surface area (Å²) in [6.45, 7) is 7.15. The van der Waals surface area contributed by atoms with E-state index in [0.717, 1.165) is 6.42 Å². The largest absolute Gasteiger partial charge is 0.309 e. The van der Waals surface area contributed by atoms with Crippen molar-refractivity contribution in [1.82, 2.24) is 15.2 Å². The van der Waals surface area contributed by atoms with Crippen LogP contribution in [0.2, 0.25) is 0 Å². The molecule has 3 nitrogen and oxygen atoms in total. The van der Waals surface area contributed by atoms with E-state index in [1.54, 1.807) is 0 Å². The Morgan fingerprint density at radius 1 is 0.537 bits per heavy atom. The molecule has 3 heteroatoms. The van der Waals surface area contributed by atoms with E-state index in [1.165, 1.54) is 77.6 Å². The van der Waals surface area contributed by atoms with Gasteiger partial charge in [-0.05, 0) is 86.7 Å². The summed E-state index contributed by atoms with van der Waals surface area (Å²) in [6, 6.07) is 63.2. The van der Waals surface area contributed by atoms with E-state index < -0.39 is 0 Å². The van der Waals surface area contributed by atoms with Crippen molar-refractivity contribution < 1.29 is 0 Å². The normalized spacial score (nSPS) is 20.2. The van der Waals surface area contributed by atoms with Gasteiger partial charge in [0.2, 0.25) is 0 Å². The lowest BCUT2D eigenvalue weighted by Crippen LogP contribution is -2.50. The first kappa shape index (κ1) is 32.9.